The fourth-order valence-corrected chi connectivity index (χ4v) is 3.43. The smallest absolute Gasteiger partial charge is 0.248 e. The van der Waals surface area contributed by atoms with Gasteiger partial charge in [0.05, 0.1) is 11.4 Å². The van der Waals surface area contributed by atoms with E-state index >= 15 is 0 Å². The molecule has 3 rings (SSSR count). The second-order valence-electron chi connectivity index (χ2n) is 5.89. The summed E-state index contributed by atoms with van der Waals surface area (Å²) in [6.07, 6.45) is 0. The average Bonchev–Trinajstić information content (AvgIpc) is 3.05. The summed E-state index contributed by atoms with van der Waals surface area (Å²) in [5.41, 5.74) is 3.80. The molecule has 130 valence electrons. The van der Waals surface area contributed by atoms with Crippen molar-refractivity contribution in [2.75, 3.05) is 0 Å². The molecule has 0 amide bonds. The van der Waals surface area contributed by atoms with E-state index in [9.17, 15) is 8.42 Å². The van der Waals surface area contributed by atoms with E-state index in [4.69, 9.17) is 4.42 Å². The van der Waals surface area contributed by atoms with Gasteiger partial charge in [0.2, 0.25) is 21.8 Å². The van der Waals surface area contributed by atoms with Crippen LogP contribution in [0, 0.1) is 20.8 Å². The summed E-state index contributed by atoms with van der Waals surface area (Å²) in [7, 11) is -3.64. The lowest BCUT2D eigenvalue weighted by atomic mass is 10.1. The van der Waals surface area contributed by atoms with Gasteiger partial charge in [0, 0.05) is 5.56 Å². The van der Waals surface area contributed by atoms with Crippen LogP contribution in [-0.4, -0.2) is 18.6 Å². The van der Waals surface area contributed by atoms with Crippen LogP contribution in [-0.2, 0) is 16.6 Å². The molecule has 0 aliphatic rings. The summed E-state index contributed by atoms with van der Waals surface area (Å²) in [5, 5.41) is 7.91. The van der Waals surface area contributed by atoms with Crippen LogP contribution in [0.3, 0.4) is 0 Å². The molecule has 0 saturated heterocycles. The average molecular weight is 357 g/mol. The van der Waals surface area contributed by atoms with E-state index in [2.05, 4.69) is 14.9 Å². The summed E-state index contributed by atoms with van der Waals surface area (Å²) < 4.78 is 32.9. The lowest BCUT2D eigenvalue weighted by molar-refractivity contribution is 0.494. The van der Waals surface area contributed by atoms with Crippen LogP contribution in [0.4, 0.5) is 0 Å². The molecule has 0 bridgehead atoms. The largest absolute Gasteiger partial charge is 0.419 e. The highest BCUT2D eigenvalue weighted by Gasteiger charge is 2.17. The van der Waals surface area contributed by atoms with Gasteiger partial charge in [0.1, 0.15) is 0 Å². The quantitative estimate of drug-likeness (QED) is 0.758. The Morgan fingerprint density at radius 1 is 0.960 bits per heavy atom. The first-order valence-electron chi connectivity index (χ1n) is 7.82. The molecule has 1 heterocycles. The molecule has 3 aromatic rings. The van der Waals surface area contributed by atoms with Crippen molar-refractivity contribution in [1.82, 2.24) is 14.9 Å². The van der Waals surface area contributed by atoms with Gasteiger partial charge in [0.15, 0.2) is 0 Å². The van der Waals surface area contributed by atoms with Gasteiger partial charge >= 0.3 is 0 Å². The molecule has 0 radical (unpaired) electrons. The maximum absolute atomic E-state index is 12.4. The van der Waals surface area contributed by atoms with Gasteiger partial charge in [0.25, 0.3) is 0 Å². The number of nitrogens with one attached hydrogen (secondary N) is 1. The van der Waals surface area contributed by atoms with Gasteiger partial charge < -0.3 is 4.42 Å². The molecule has 0 saturated carbocycles. The van der Waals surface area contributed by atoms with Crippen LogP contribution in [0.25, 0.3) is 11.5 Å². The molecule has 1 N–H and O–H groups in total. The Morgan fingerprint density at radius 2 is 1.72 bits per heavy atom. The predicted octanol–water partition coefficient (Wildman–Crippen LogP) is 3.14. The minimum absolute atomic E-state index is 0.0614. The van der Waals surface area contributed by atoms with Gasteiger partial charge in [-0.3, -0.25) is 0 Å². The zero-order chi connectivity index (χ0) is 18.0. The van der Waals surface area contributed by atoms with Crippen molar-refractivity contribution in [3.8, 4) is 11.5 Å². The summed E-state index contributed by atoms with van der Waals surface area (Å²) in [5.74, 6) is 0.587. The number of sulfonamides is 1. The molecule has 0 aliphatic carbocycles. The first-order valence-corrected chi connectivity index (χ1v) is 9.30. The normalized spacial score (nSPS) is 11.6. The van der Waals surface area contributed by atoms with E-state index in [1.807, 2.05) is 45.0 Å². The Labute approximate surface area is 147 Å². The minimum Gasteiger partial charge on any atom is -0.419 e. The van der Waals surface area contributed by atoms with E-state index in [0.29, 0.717) is 5.89 Å². The number of rotatable bonds is 5. The molecule has 2 aromatic carbocycles. The lowest BCUT2D eigenvalue weighted by Gasteiger charge is -2.07. The van der Waals surface area contributed by atoms with Crippen LogP contribution in [0.1, 0.15) is 22.6 Å². The number of nitrogens with zero attached hydrogens (tertiary/aromatic N) is 2. The van der Waals surface area contributed by atoms with E-state index in [1.165, 1.54) is 0 Å². The van der Waals surface area contributed by atoms with Crippen molar-refractivity contribution in [2.24, 2.45) is 0 Å². The molecular formula is C18H19N3O3S. The molecule has 0 atom stereocenters. The Kier molecular flexibility index (Phi) is 4.69. The Hall–Kier alpha value is -2.51. The third kappa shape index (κ3) is 3.78. The number of benzene rings is 2. The van der Waals surface area contributed by atoms with E-state index in [0.717, 1.165) is 22.3 Å². The molecule has 6 nitrogen and oxygen atoms in total. The monoisotopic (exact) mass is 357 g/mol. The molecule has 0 unspecified atom stereocenters. The molecule has 7 heteroatoms. The molecule has 0 aliphatic heterocycles. The highest BCUT2D eigenvalue weighted by molar-refractivity contribution is 7.89. The highest BCUT2D eigenvalue weighted by atomic mass is 32.2. The Bertz CT molecular complexity index is 1010. The Balaban J connectivity index is 1.75. The van der Waals surface area contributed by atoms with Crippen LogP contribution in [0.5, 0.6) is 0 Å². The molecular weight excluding hydrogens is 338 g/mol. The molecule has 1 aromatic heterocycles. The molecule has 0 fully saturated rings. The van der Waals surface area contributed by atoms with Gasteiger partial charge in [-0.15, -0.1) is 10.2 Å². The fraction of sp³-hybridized carbons (Fsp3) is 0.222. The maximum Gasteiger partial charge on any atom is 0.248 e. The Morgan fingerprint density at radius 3 is 2.44 bits per heavy atom. The van der Waals surface area contributed by atoms with Crippen LogP contribution in [0.15, 0.2) is 51.8 Å². The van der Waals surface area contributed by atoms with E-state index in [-0.39, 0.29) is 17.3 Å². The standard InChI is InChI=1S/C18H19N3O3S/c1-12-8-9-15(10-14(12)3)25(22,23)19-11-17-20-21-18(24-17)16-7-5-4-6-13(16)2/h4-10,19H,11H2,1-3H3. The first kappa shape index (κ1) is 17.3. The summed E-state index contributed by atoms with van der Waals surface area (Å²) in [6, 6.07) is 12.6. The topological polar surface area (TPSA) is 85.1 Å². The zero-order valence-corrected chi connectivity index (χ0v) is 15.1. The van der Waals surface area contributed by atoms with Gasteiger partial charge in [-0.25, -0.2) is 13.1 Å². The summed E-state index contributed by atoms with van der Waals surface area (Å²) in [6.45, 7) is 5.70. The summed E-state index contributed by atoms with van der Waals surface area (Å²) >= 11 is 0. The minimum atomic E-state index is -3.64. The second kappa shape index (κ2) is 6.78. The van der Waals surface area contributed by atoms with Crippen LogP contribution < -0.4 is 4.72 Å². The van der Waals surface area contributed by atoms with Crippen molar-refractivity contribution in [1.29, 1.82) is 0 Å². The van der Waals surface area contributed by atoms with E-state index < -0.39 is 10.0 Å². The fourth-order valence-electron chi connectivity index (χ4n) is 2.37. The van der Waals surface area contributed by atoms with Crippen molar-refractivity contribution in [3.63, 3.8) is 0 Å². The lowest BCUT2D eigenvalue weighted by Crippen LogP contribution is -2.23. The maximum atomic E-state index is 12.4. The zero-order valence-electron chi connectivity index (χ0n) is 14.3. The van der Waals surface area contributed by atoms with Crippen molar-refractivity contribution in [3.05, 3.63) is 65.0 Å². The number of hydrogen-bond donors (Lipinski definition) is 1. The summed E-state index contributed by atoms with van der Waals surface area (Å²) in [4.78, 5) is 0.217. The van der Waals surface area contributed by atoms with Crippen LogP contribution in [0.2, 0.25) is 0 Å². The van der Waals surface area contributed by atoms with Crippen molar-refractivity contribution in [2.45, 2.75) is 32.2 Å². The SMILES string of the molecule is Cc1ccc(S(=O)(=O)NCc2nnc(-c3ccccc3C)o2)cc1C. The molecule has 25 heavy (non-hydrogen) atoms. The highest BCUT2D eigenvalue weighted by Crippen LogP contribution is 2.21. The third-order valence-electron chi connectivity index (χ3n) is 4.04. The number of aryl methyl sites for hydroxylation is 3. The van der Waals surface area contributed by atoms with E-state index in [1.54, 1.807) is 18.2 Å². The number of aromatic nitrogens is 2. The number of hydrogen-bond acceptors (Lipinski definition) is 5. The van der Waals surface area contributed by atoms with Crippen LogP contribution >= 0.6 is 0 Å². The van der Waals surface area contributed by atoms with Gasteiger partial charge in [-0.2, -0.15) is 0 Å². The second-order valence-corrected chi connectivity index (χ2v) is 7.65. The van der Waals surface area contributed by atoms with Crippen molar-refractivity contribution < 1.29 is 12.8 Å². The van der Waals surface area contributed by atoms with Crippen molar-refractivity contribution >= 4 is 10.0 Å². The third-order valence-corrected chi connectivity index (χ3v) is 5.44. The predicted molar refractivity (Wildman–Crippen MR) is 94.4 cm³/mol. The molecule has 0 spiro atoms. The van der Waals surface area contributed by atoms with Gasteiger partial charge in [-0.05, 0) is 55.7 Å². The first-order chi connectivity index (χ1) is 11.9. The van der Waals surface area contributed by atoms with Gasteiger partial charge in [-0.1, -0.05) is 24.3 Å².